The lowest BCUT2D eigenvalue weighted by molar-refractivity contribution is -0.182. The molecule has 1 saturated heterocycles. The Balaban J connectivity index is 2.42. The highest BCUT2D eigenvalue weighted by atomic mass is 16.6. The first-order chi connectivity index (χ1) is 12.4. The lowest BCUT2D eigenvalue weighted by Gasteiger charge is -2.31. The molecule has 6 atom stereocenters. The van der Waals surface area contributed by atoms with E-state index in [1.54, 1.807) is 19.1 Å². The smallest absolute Gasteiger partial charge is 0.340 e. The molecule has 0 amide bonds. The third-order valence-electron chi connectivity index (χ3n) is 5.13. The van der Waals surface area contributed by atoms with Crippen LogP contribution in [0.1, 0.15) is 40.5 Å². The summed E-state index contributed by atoms with van der Waals surface area (Å²) in [4.78, 5) is 24.5. The van der Waals surface area contributed by atoms with Crippen LogP contribution >= 0.6 is 0 Å². The number of esters is 2. The Bertz CT molecular complexity index is 686. The van der Waals surface area contributed by atoms with Gasteiger partial charge in [0.2, 0.25) is 0 Å². The van der Waals surface area contributed by atoms with Crippen LogP contribution in [0.25, 0.3) is 0 Å². The molecule has 150 valence electrons. The summed E-state index contributed by atoms with van der Waals surface area (Å²) in [5.74, 6) is -2.20. The van der Waals surface area contributed by atoms with Gasteiger partial charge in [-0.1, -0.05) is 23.8 Å². The predicted octanol–water partition coefficient (Wildman–Crippen LogP) is 1.18. The first kappa shape index (κ1) is 21.3. The van der Waals surface area contributed by atoms with Crippen LogP contribution in [0.2, 0.25) is 0 Å². The van der Waals surface area contributed by atoms with Crippen molar-refractivity contribution in [2.75, 3.05) is 0 Å². The topological polar surface area (TPSA) is 113 Å². The third-order valence-corrected chi connectivity index (χ3v) is 5.13. The predicted molar refractivity (Wildman–Crippen MR) is 97.4 cm³/mol. The van der Waals surface area contributed by atoms with E-state index in [2.05, 4.69) is 6.58 Å². The van der Waals surface area contributed by atoms with Gasteiger partial charge in [-0.25, -0.2) is 9.59 Å². The Hall–Kier alpha value is -1.96. The SMILES string of the molecule is C=C1C(=O)O[C@@H]2/C=C(\C)C[C@H](O)/C=C(\C)C[C@@H](OC(=O)[C@](C)(O)[C@H](C)O)[C@@H]12. The second-order valence-electron chi connectivity index (χ2n) is 7.69. The number of aliphatic hydroxyl groups is 3. The monoisotopic (exact) mass is 380 g/mol. The molecule has 0 bridgehead atoms. The highest BCUT2D eigenvalue weighted by molar-refractivity contribution is 5.91. The van der Waals surface area contributed by atoms with Crippen molar-refractivity contribution < 1.29 is 34.4 Å². The number of hydrogen-bond acceptors (Lipinski definition) is 7. The van der Waals surface area contributed by atoms with Crippen molar-refractivity contribution >= 4 is 11.9 Å². The average Bonchev–Trinajstić information content (AvgIpc) is 2.79. The second-order valence-corrected chi connectivity index (χ2v) is 7.69. The molecule has 2 aliphatic rings. The summed E-state index contributed by atoms with van der Waals surface area (Å²) in [6.45, 7) is 9.84. The van der Waals surface area contributed by atoms with Gasteiger partial charge in [0.05, 0.1) is 18.1 Å². The van der Waals surface area contributed by atoms with E-state index in [1.807, 2.05) is 6.92 Å². The Morgan fingerprint density at radius 2 is 1.93 bits per heavy atom. The zero-order valence-electron chi connectivity index (χ0n) is 16.1. The normalized spacial score (nSPS) is 36.3. The largest absolute Gasteiger partial charge is 0.459 e. The van der Waals surface area contributed by atoms with Crippen LogP contribution < -0.4 is 0 Å². The first-order valence-electron chi connectivity index (χ1n) is 8.97. The van der Waals surface area contributed by atoms with Gasteiger partial charge < -0.3 is 24.8 Å². The minimum absolute atomic E-state index is 0.187. The van der Waals surface area contributed by atoms with Crippen molar-refractivity contribution in [2.24, 2.45) is 5.92 Å². The number of fused-ring (bicyclic) bond motifs is 1. The molecule has 7 heteroatoms. The molecule has 0 spiro atoms. The zero-order valence-corrected chi connectivity index (χ0v) is 16.1. The van der Waals surface area contributed by atoms with E-state index in [1.165, 1.54) is 13.8 Å². The minimum atomic E-state index is -2.10. The Kier molecular flexibility index (Phi) is 6.29. The van der Waals surface area contributed by atoms with E-state index in [9.17, 15) is 24.9 Å². The summed E-state index contributed by atoms with van der Waals surface area (Å²) in [6.07, 6.45) is 0.432. The second kappa shape index (κ2) is 7.96. The van der Waals surface area contributed by atoms with E-state index in [0.29, 0.717) is 6.42 Å². The van der Waals surface area contributed by atoms with E-state index >= 15 is 0 Å². The number of carbonyl (C=O) groups is 2. The summed E-state index contributed by atoms with van der Waals surface area (Å²) >= 11 is 0. The van der Waals surface area contributed by atoms with Crippen LogP contribution in [0.5, 0.6) is 0 Å². The number of aliphatic hydroxyl groups excluding tert-OH is 2. The van der Waals surface area contributed by atoms with E-state index in [4.69, 9.17) is 9.47 Å². The fourth-order valence-electron chi connectivity index (χ4n) is 3.30. The highest BCUT2D eigenvalue weighted by Crippen LogP contribution is 2.36. The molecule has 0 aromatic carbocycles. The molecule has 7 nitrogen and oxygen atoms in total. The highest BCUT2D eigenvalue weighted by Gasteiger charge is 2.47. The first-order valence-corrected chi connectivity index (χ1v) is 8.97. The van der Waals surface area contributed by atoms with Crippen LogP contribution in [0, 0.1) is 5.92 Å². The van der Waals surface area contributed by atoms with E-state index in [0.717, 1.165) is 11.1 Å². The van der Waals surface area contributed by atoms with Gasteiger partial charge >= 0.3 is 11.9 Å². The molecule has 27 heavy (non-hydrogen) atoms. The van der Waals surface area contributed by atoms with Crippen LogP contribution in [-0.4, -0.2) is 57.3 Å². The van der Waals surface area contributed by atoms with Crippen LogP contribution in [0.4, 0.5) is 0 Å². The van der Waals surface area contributed by atoms with Crippen molar-refractivity contribution in [1.29, 1.82) is 0 Å². The van der Waals surface area contributed by atoms with Crippen molar-refractivity contribution in [2.45, 2.75) is 70.6 Å². The lowest BCUT2D eigenvalue weighted by atomic mass is 9.85. The molecule has 1 fully saturated rings. The van der Waals surface area contributed by atoms with Gasteiger partial charge in [0.25, 0.3) is 0 Å². The molecule has 1 aliphatic heterocycles. The van der Waals surface area contributed by atoms with Gasteiger partial charge in [0, 0.05) is 12.0 Å². The van der Waals surface area contributed by atoms with Gasteiger partial charge in [-0.2, -0.15) is 0 Å². The summed E-state index contributed by atoms with van der Waals surface area (Å²) in [6, 6.07) is 0. The van der Waals surface area contributed by atoms with Crippen molar-refractivity contribution in [3.8, 4) is 0 Å². The molecule has 0 aromatic rings. The molecule has 1 aliphatic carbocycles. The molecular weight excluding hydrogens is 352 g/mol. The number of rotatable bonds is 3. The van der Waals surface area contributed by atoms with Gasteiger partial charge in [-0.05, 0) is 40.2 Å². The number of ether oxygens (including phenoxy) is 2. The van der Waals surface area contributed by atoms with Gasteiger partial charge in [0.15, 0.2) is 5.60 Å². The van der Waals surface area contributed by atoms with Crippen LogP contribution in [-0.2, 0) is 19.1 Å². The summed E-state index contributed by atoms with van der Waals surface area (Å²) in [5, 5.41) is 30.0. The van der Waals surface area contributed by atoms with Crippen molar-refractivity contribution in [1.82, 2.24) is 0 Å². The maximum Gasteiger partial charge on any atom is 0.340 e. The summed E-state index contributed by atoms with van der Waals surface area (Å²) in [5.41, 5.74) is -0.324. The molecular formula is C20H28O7. The van der Waals surface area contributed by atoms with Gasteiger partial charge in [-0.15, -0.1) is 0 Å². The van der Waals surface area contributed by atoms with Crippen LogP contribution in [0.3, 0.4) is 0 Å². The summed E-state index contributed by atoms with van der Waals surface area (Å²) < 4.78 is 10.9. The van der Waals surface area contributed by atoms with Crippen molar-refractivity contribution in [3.05, 3.63) is 35.5 Å². The van der Waals surface area contributed by atoms with Crippen molar-refractivity contribution in [3.63, 3.8) is 0 Å². The Labute approximate surface area is 159 Å². The standard InChI is InChI=1S/C20H28O7/c1-10-6-14(22)7-11(2)9-16(27-19(24)20(5,25)13(4)21)17-12(3)18(23)26-15(17)8-10/h7-8,13-17,21-22,25H,3,6,9H2,1-2,4-5H3/b10-8+,11-7+/t13-,14-,15+,16+,17-,20+/m0/s1. The lowest BCUT2D eigenvalue weighted by Crippen LogP contribution is -2.49. The molecule has 3 N–H and O–H groups in total. The average molecular weight is 380 g/mol. The maximum absolute atomic E-state index is 12.5. The van der Waals surface area contributed by atoms with Gasteiger partial charge in [-0.3, -0.25) is 0 Å². The quantitative estimate of drug-likeness (QED) is 0.383. The molecule has 2 rings (SSSR count). The van der Waals surface area contributed by atoms with Gasteiger partial charge in [0.1, 0.15) is 12.2 Å². The molecule has 0 radical (unpaired) electrons. The summed E-state index contributed by atoms with van der Waals surface area (Å²) in [7, 11) is 0. The Morgan fingerprint density at radius 3 is 2.52 bits per heavy atom. The number of hydrogen-bond donors (Lipinski definition) is 3. The fourth-order valence-corrected chi connectivity index (χ4v) is 3.30. The van der Waals surface area contributed by atoms with E-state index < -0.39 is 47.9 Å². The zero-order chi connectivity index (χ0) is 20.5. The third kappa shape index (κ3) is 4.66. The molecule has 0 aromatic heterocycles. The fraction of sp³-hybridized carbons (Fsp3) is 0.600. The Morgan fingerprint density at radius 1 is 1.33 bits per heavy atom. The molecule has 0 saturated carbocycles. The maximum atomic E-state index is 12.5. The van der Waals surface area contributed by atoms with E-state index in [-0.39, 0.29) is 12.0 Å². The molecule has 1 heterocycles. The number of carbonyl (C=O) groups excluding carboxylic acids is 2. The molecule has 0 unspecified atom stereocenters. The van der Waals surface area contributed by atoms with Crippen LogP contribution in [0.15, 0.2) is 35.5 Å². The minimum Gasteiger partial charge on any atom is -0.459 e.